The molecular weight excluding hydrogens is 356 g/mol. The predicted molar refractivity (Wildman–Crippen MR) is 113 cm³/mol. The molecule has 3 heterocycles. The van der Waals surface area contributed by atoms with Crippen LogP contribution < -0.4 is 10.6 Å². The van der Waals surface area contributed by atoms with Crippen molar-refractivity contribution in [1.82, 2.24) is 25.3 Å². The van der Waals surface area contributed by atoms with Gasteiger partial charge in [-0.3, -0.25) is 9.58 Å². The van der Waals surface area contributed by atoms with Crippen molar-refractivity contribution in [2.45, 2.75) is 53.2 Å². The highest BCUT2D eigenvalue weighted by Gasteiger charge is 2.21. The number of nitrogens with zero attached hydrogens (tertiary/aromatic N) is 4. The van der Waals surface area contributed by atoms with E-state index in [1.165, 1.54) is 23.2 Å². The van der Waals surface area contributed by atoms with Gasteiger partial charge in [-0.1, -0.05) is 0 Å². The molecule has 0 radical (unpaired) electrons. The monoisotopic (exact) mass is 388 g/mol. The van der Waals surface area contributed by atoms with E-state index in [0.717, 1.165) is 37.8 Å². The number of aliphatic imine (C=N–C) groups is 1. The fourth-order valence-electron chi connectivity index (χ4n) is 3.57. The van der Waals surface area contributed by atoms with E-state index in [1.807, 2.05) is 23.1 Å². The molecule has 27 heavy (non-hydrogen) atoms. The molecule has 6 nitrogen and oxygen atoms in total. The zero-order valence-corrected chi connectivity index (χ0v) is 18.0. The molecule has 1 unspecified atom stereocenters. The van der Waals surface area contributed by atoms with Crippen LogP contribution in [0.3, 0.4) is 0 Å². The van der Waals surface area contributed by atoms with Crippen molar-refractivity contribution >= 4 is 17.3 Å². The summed E-state index contributed by atoms with van der Waals surface area (Å²) in [5.74, 6) is 0.875. The topological polar surface area (TPSA) is 57.5 Å². The van der Waals surface area contributed by atoms with Crippen LogP contribution in [-0.2, 0) is 26.6 Å². The highest BCUT2D eigenvalue weighted by Crippen LogP contribution is 2.24. The van der Waals surface area contributed by atoms with Gasteiger partial charge < -0.3 is 10.6 Å². The lowest BCUT2D eigenvalue weighted by molar-refractivity contribution is 0.192. The smallest absolute Gasteiger partial charge is 0.191 e. The zero-order chi connectivity index (χ0) is 19.4. The summed E-state index contributed by atoms with van der Waals surface area (Å²) in [5, 5.41) is 13.6. The third-order valence-electron chi connectivity index (χ3n) is 5.42. The number of thiophene rings is 1. The van der Waals surface area contributed by atoms with Crippen LogP contribution in [0.2, 0.25) is 0 Å². The maximum atomic E-state index is 4.79. The molecule has 1 atom stereocenters. The van der Waals surface area contributed by atoms with Gasteiger partial charge in [0.2, 0.25) is 0 Å². The Morgan fingerprint density at radius 1 is 1.37 bits per heavy atom. The van der Waals surface area contributed by atoms with Crippen LogP contribution in [0, 0.1) is 13.8 Å². The summed E-state index contributed by atoms with van der Waals surface area (Å²) in [6.07, 6.45) is 1.17. The maximum absolute atomic E-state index is 4.79. The van der Waals surface area contributed by atoms with Crippen LogP contribution in [0.15, 0.2) is 16.4 Å². The molecule has 2 N–H and O–H groups in total. The molecule has 1 aliphatic rings. The van der Waals surface area contributed by atoms with Crippen LogP contribution in [0.1, 0.15) is 41.2 Å². The molecule has 2 aromatic heterocycles. The molecule has 2 aromatic rings. The second-order valence-electron chi connectivity index (χ2n) is 7.29. The van der Waals surface area contributed by atoms with Crippen LogP contribution >= 0.6 is 11.3 Å². The molecule has 148 valence electrons. The van der Waals surface area contributed by atoms with E-state index in [9.17, 15) is 0 Å². The number of hydrogen-bond acceptors (Lipinski definition) is 4. The Kier molecular flexibility index (Phi) is 6.55. The van der Waals surface area contributed by atoms with Gasteiger partial charge in [0, 0.05) is 55.4 Å². The molecule has 1 aliphatic heterocycles. The third-order valence-corrected chi connectivity index (χ3v) is 6.45. The predicted octanol–water partition coefficient (Wildman–Crippen LogP) is 2.60. The molecule has 0 aromatic carbocycles. The van der Waals surface area contributed by atoms with Crippen molar-refractivity contribution in [1.29, 1.82) is 0 Å². The van der Waals surface area contributed by atoms with Gasteiger partial charge in [0.25, 0.3) is 0 Å². The Bertz CT molecular complexity index is 790. The molecule has 0 spiro atoms. The molecular formula is C20H32N6S. The molecule has 0 saturated heterocycles. The largest absolute Gasteiger partial charge is 0.357 e. The Morgan fingerprint density at radius 3 is 2.89 bits per heavy atom. The van der Waals surface area contributed by atoms with Gasteiger partial charge in [-0.2, -0.15) is 5.10 Å². The third kappa shape index (κ3) is 4.71. The molecule has 0 aliphatic carbocycles. The Balaban J connectivity index is 1.57. The zero-order valence-electron chi connectivity index (χ0n) is 17.2. The lowest BCUT2D eigenvalue weighted by Crippen LogP contribution is -2.47. The minimum absolute atomic E-state index is 0.462. The minimum atomic E-state index is 0.462. The highest BCUT2D eigenvalue weighted by molar-refractivity contribution is 7.10. The summed E-state index contributed by atoms with van der Waals surface area (Å²) in [6, 6.07) is 2.74. The first kappa shape index (κ1) is 19.9. The Hall–Kier alpha value is -1.86. The van der Waals surface area contributed by atoms with Crippen molar-refractivity contribution in [2.75, 3.05) is 19.6 Å². The van der Waals surface area contributed by atoms with E-state index in [1.54, 1.807) is 4.88 Å². The number of hydrogen-bond donors (Lipinski definition) is 2. The van der Waals surface area contributed by atoms with Crippen LogP contribution in [0.5, 0.6) is 0 Å². The lowest BCUT2D eigenvalue weighted by atomic mass is 10.1. The quantitative estimate of drug-likeness (QED) is 0.590. The van der Waals surface area contributed by atoms with Gasteiger partial charge in [0.1, 0.15) is 0 Å². The molecule has 0 fully saturated rings. The maximum Gasteiger partial charge on any atom is 0.191 e. The van der Waals surface area contributed by atoms with Gasteiger partial charge in [0.05, 0.1) is 12.2 Å². The average molecular weight is 389 g/mol. The van der Waals surface area contributed by atoms with Gasteiger partial charge >= 0.3 is 0 Å². The van der Waals surface area contributed by atoms with E-state index in [4.69, 9.17) is 4.99 Å². The number of rotatable bonds is 6. The summed E-state index contributed by atoms with van der Waals surface area (Å²) >= 11 is 1.89. The first-order chi connectivity index (χ1) is 13.0. The van der Waals surface area contributed by atoms with E-state index in [-0.39, 0.29) is 0 Å². The lowest BCUT2D eigenvalue weighted by Gasteiger charge is -2.32. The second-order valence-corrected chi connectivity index (χ2v) is 8.29. The van der Waals surface area contributed by atoms with Crippen molar-refractivity contribution in [3.05, 3.63) is 38.8 Å². The van der Waals surface area contributed by atoms with Gasteiger partial charge in [-0.25, -0.2) is 4.99 Å². The molecule has 3 rings (SSSR count). The van der Waals surface area contributed by atoms with Crippen molar-refractivity contribution < 1.29 is 0 Å². The summed E-state index contributed by atoms with van der Waals surface area (Å²) in [4.78, 5) is 8.90. The fourth-order valence-corrected chi connectivity index (χ4v) is 4.46. The highest BCUT2D eigenvalue weighted by atomic mass is 32.1. The molecule has 0 bridgehead atoms. The second kappa shape index (κ2) is 8.89. The normalized spacial score (nSPS) is 16.3. The summed E-state index contributed by atoms with van der Waals surface area (Å²) in [5.41, 5.74) is 4.95. The number of aryl methyl sites for hydroxylation is 2. The van der Waals surface area contributed by atoms with Gasteiger partial charge in [-0.15, -0.1) is 11.3 Å². The van der Waals surface area contributed by atoms with E-state index < -0.39 is 0 Å². The van der Waals surface area contributed by atoms with Crippen LogP contribution in [0.25, 0.3) is 0 Å². The fraction of sp³-hybridized carbons (Fsp3) is 0.600. The Morgan fingerprint density at radius 2 is 2.19 bits per heavy atom. The average Bonchev–Trinajstić information content (AvgIpc) is 3.21. The number of nitrogens with one attached hydrogen (secondary N) is 2. The van der Waals surface area contributed by atoms with Crippen molar-refractivity contribution in [3.8, 4) is 0 Å². The first-order valence-corrected chi connectivity index (χ1v) is 10.7. The minimum Gasteiger partial charge on any atom is -0.357 e. The number of fused-ring (bicyclic) bond motifs is 1. The van der Waals surface area contributed by atoms with E-state index >= 15 is 0 Å². The molecule has 0 amide bonds. The summed E-state index contributed by atoms with van der Waals surface area (Å²) in [7, 11) is 1.98. The van der Waals surface area contributed by atoms with Crippen LogP contribution in [0.4, 0.5) is 0 Å². The SMILES string of the molecule is CCNC(=NCc1c(C)nn(C)c1C)NCC(C)N1CCc2sccc2C1. The number of aromatic nitrogens is 2. The Labute approximate surface area is 166 Å². The van der Waals surface area contributed by atoms with Gasteiger partial charge in [-0.05, 0) is 51.1 Å². The van der Waals surface area contributed by atoms with Crippen molar-refractivity contribution in [2.24, 2.45) is 12.0 Å². The summed E-state index contributed by atoms with van der Waals surface area (Å²) in [6.45, 7) is 13.1. The van der Waals surface area contributed by atoms with E-state index in [0.29, 0.717) is 12.6 Å². The van der Waals surface area contributed by atoms with Gasteiger partial charge in [0.15, 0.2) is 5.96 Å². The first-order valence-electron chi connectivity index (χ1n) is 9.80. The van der Waals surface area contributed by atoms with Crippen molar-refractivity contribution in [3.63, 3.8) is 0 Å². The molecule has 0 saturated carbocycles. The van der Waals surface area contributed by atoms with E-state index in [2.05, 4.69) is 59.8 Å². The van der Waals surface area contributed by atoms with Crippen LogP contribution in [-0.4, -0.2) is 46.3 Å². The number of guanidine groups is 1. The molecule has 7 heteroatoms. The summed E-state index contributed by atoms with van der Waals surface area (Å²) < 4.78 is 1.93. The standard InChI is InChI=1S/C20H32N6S/c1-6-21-20(23-12-18-15(3)24-25(5)16(18)4)22-11-14(2)26-9-7-19-17(13-26)8-10-27-19/h8,10,14H,6-7,9,11-13H2,1-5H3,(H2,21,22,23).